The average molecular weight is 295 g/mol. The smallest absolute Gasteiger partial charge is 0.258 e. The minimum Gasteiger partial charge on any atom is -0.484 e. The summed E-state index contributed by atoms with van der Waals surface area (Å²) in [6.45, 7) is 0.451. The molecule has 2 aromatic carbocycles. The van der Waals surface area contributed by atoms with Gasteiger partial charge in [-0.25, -0.2) is 0 Å². The molecule has 0 aliphatic heterocycles. The fourth-order valence-corrected chi connectivity index (χ4v) is 2.22. The Balaban J connectivity index is 1.53. The lowest BCUT2D eigenvalue weighted by molar-refractivity contribution is -0.123. The molecule has 22 heavy (non-hydrogen) atoms. The number of hydrogen-bond donors (Lipinski definition) is 1. The van der Waals surface area contributed by atoms with E-state index < -0.39 is 0 Å². The summed E-state index contributed by atoms with van der Waals surface area (Å²) in [4.78, 5) is 11.8. The number of ether oxygens (including phenoxy) is 1. The fraction of sp³-hybridized carbons (Fsp3) is 0.176. The summed E-state index contributed by atoms with van der Waals surface area (Å²) in [5.74, 6) is 0.534. The second kappa shape index (κ2) is 6.30. The van der Waals surface area contributed by atoms with Crippen molar-refractivity contribution in [2.24, 2.45) is 7.05 Å². The van der Waals surface area contributed by atoms with Crippen LogP contribution in [0.5, 0.6) is 5.75 Å². The summed E-state index contributed by atoms with van der Waals surface area (Å²) in [6, 6.07) is 13.8. The van der Waals surface area contributed by atoms with E-state index in [-0.39, 0.29) is 12.5 Å². The Morgan fingerprint density at radius 1 is 1.23 bits per heavy atom. The van der Waals surface area contributed by atoms with Crippen LogP contribution in [0.25, 0.3) is 10.8 Å². The van der Waals surface area contributed by atoms with E-state index in [0.29, 0.717) is 12.3 Å². The maximum absolute atomic E-state index is 11.8. The molecule has 5 heteroatoms. The lowest BCUT2D eigenvalue weighted by Gasteiger charge is -2.07. The number of amides is 1. The molecule has 0 saturated carbocycles. The molecule has 0 aliphatic rings. The highest BCUT2D eigenvalue weighted by Gasteiger charge is 2.04. The maximum atomic E-state index is 11.8. The van der Waals surface area contributed by atoms with Crippen LogP contribution < -0.4 is 10.1 Å². The third-order valence-corrected chi connectivity index (χ3v) is 3.34. The minimum absolute atomic E-state index is 0.00139. The monoisotopic (exact) mass is 295 g/mol. The predicted molar refractivity (Wildman–Crippen MR) is 84.5 cm³/mol. The molecule has 112 valence electrons. The van der Waals surface area contributed by atoms with Crippen LogP contribution in [-0.4, -0.2) is 22.3 Å². The largest absolute Gasteiger partial charge is 0.484 e. The van der Waals surface area contributed by atoms with Gasteiger partial charge >= 0.3 is 0 Å². The first kappa shape index (κ1) is 14.1. The summed E-state index contributed by atoms with van der Waals surface area (Å²) < 4.78 is 7.24. The summed E-state index contributed by atoms with van der Waals surface area (Å²) >= 11 is 0. The van der Waals surface area contributed by atoms with Gasteiger partial charge in [-0.3, -0.25) is 9.48 Å². The molecule has 3 rings (SSSR count). The Labute approximate surface area is 128 Å². The first-order valence-electron chi connectivity index (χ1n) is 7.06. The summed E-state index contributed by atoms with van der Waals surface area (Å²) in [5, 5.41) is 9.10. The van der Waals surface area contributed by atoms with E-state index in [1.807, 2.05) is 55.7 Å². The topological polar surface area (TPSA) is 56.2 Å². The van der Waals surface area contributed by atoms with Crippen molar-refractivity contribution >= 4 is 16.7 Å². The van der Waals surface area contributed by atoms with Gasteiger partial charge in [0, 0.05) is 25.4 Å². The third kappa shape index (κ3) is 3.44. The summed E-state index contributed by atoms with van der Waals surface area (Å²) in [7, 11) is 1.84. The van der Waals surface area contributed by atoms with Crippen molar-refractivity contribution in [2.45, 2.75) is 6.54 Å². The third-order valence-electron chi connectivity index (χ3n) is 3.34. The molecule has 0 bridgehead atoms. The highest BCUT2D eigenvalue weighted by molar-refractivity contribution is 5.84. The van der Waals surface area contributed by atoms with Crippen molar-refractivity contribution < 1.29 is 9.53 Å². The molecular formula is C17H17N3O2. The van der Waals surface area contributed by atoms with Gasteiger partial charge in [0.15, 0.2) is 6.61 Å². The zero-order valence-corrected chi connectivity index (χ0v) is 12.3. The number of benzene rings is 2. The second-order valence-electron chi connectivity index (χ2n) is 5.10. The predicted octanol–water partition coefficient (Wildman–Crippen LogP) is 2.27. The van der Waals surface area contributed by atoms with Crippen LogP contribution in [0, 0.1) is 0 Å². The Morgan fingerprint density at radius 3 is 2.82 bits per heavy atom. The van der Waals surface area contributed by atoms with Crippen LogP contribution >= 0.6 is 0 Å². The Kier molecular flexibility index (Phi) is 4.05. The quantitative estimate of drug-likeness (QED) is 0.785. The average Bonchev–Trinajstić information content (AvgIpc) is 2.96. The van der Waals surface area contributed by atoms with Crippen LogP contribution in [0.4, 0.5) is 0 Å². The highest BCUT2D eigenvalue weighted by Crippen LogP contribution is 2.20. The molecule has 0 spiro atoms. The fourth-order valence-electron chi connectivity index (χ4n) is 2.22. The number of nitrogens with one attached hydrogen (secondary N) is 1. The molecule has 0 unspecified atom stereocenters. The van der Waals surface area contributed by atoms with Crippen LogP contribution in [-0.2, 0) is 18.4 Å². The molecule has 0 aliphatic carbocycles. The van der Waals surface area contributed by atoms with Gasteiger partial charge in [0.2, 0.25) is 0 Å². The maximum Gasteiger partial charge on any atom is 0.258 e. The van der Waals surface area contributed by atoms with Crippen LogP contribution in [0.3, 0.4) is 0 Å². The molecule has 5 nitrogen and oxygen atoms in total. The number of aromatic nitrogens is 2. The SMILES string of the molecule is Cn1cc(CNC(=O)COc2ccc3ccccc3c2)cn1. The van der Waals surface area contributed by atoms with Crippen molar-refractivity contribution in [3.05, 3.63) is 60.4 Å². The normalized spacial score (nSPS) is 10.6. The van der Waals surface area contributed by atoms with Crippen molar-refractivity contribution in [2.75, 3.05) is 6.61 Å². The molecule has 0 saturated heterocycles. The number of rotatable bonds is 5. The van der Waals surface area contributed by atoms with Gasteiger partial charge < -0.3 is 10.1 Å². The zero-order valence-electron chi connectivity index (χ0n) is 12.3. The van der Waals surface area contributed by atoms with Gasteiger partial charge in [-0.05, 0) is 22.9 Å². The summed E-state index contributed by atoms with van der Waals surface area (Å²) in [5.41, 5.74) is 0.960. The van der Waals surface area contributed by atoms with Crippen LogP contribution in [0.15, 0.2) is 54.9 Å². The molecule has 1 heterocycles. The second-order valence-corrected chi connectivity index (χ2v) is 5.10. The Bertz CT molecular complexity index is 795. The van der Waals surface area contributed by atoms with E-state index in [4.69, 9.17) is 4.74 Å². The van der Waals surface area contributed by atoms with Crippen molar-refractivity contribution in [3.8, 4) is 5.75 Å². The van der Waals surface area contributed by atoms with Gasteiger partial charge in [0.1, 0.15) is 5.75 Å². The van der Waals surface area contributed by atoms with Crippen molar-refractivity contribution in [3.63, 3.8) is 0 Å². The first-order chi connectivity index (χ1) is 10.7. The number of fused-ring (bicyclic) bond motifs is 1. The van der Waals surface area contributed by atoms with E-state index in [1.54, 1.807) is 10.9 Å². The molecule has 3 aromatic rings. The highest BCUT2D eigenvalue weighted by atomic mass is 16.5. The number of carbonyl (C=O) groups is 1. The van der Waals surface area contributed by atoms with E-state index in [2.05, 4.69) is 10.4 Å². The zero-order chi connectivity index (χ0) is 15.4. The van der Waals surface area contributed by atoms with E-state index in [1.165, 1.54) is 0 Å². The van der Waals surface area contributed by atoms with Gasteiger partial charge in [-0.2, -0.15) is 5.10 Å². The van der Waals surface area contributed by atoms with E-state index in [0.717, 1.165) is 16.3 Å². The number of nitrogens with zero attached hydrogens (tertiary/aromatic N) is 2. The van der Waals surface area contributed by atoms with Gasteiger partial charge in [0.25, 0.3) is 5.91 Å². The molecule has 1 aromatic heterocycles. The standard InChI is InChI=1S/C17H17N3O2/c1-20-11-13(10-19-20)9-18-17(21)12-22-16-7-6-14-4-2-3-5-15(14)8-16/h2-8,10-11H,9,12H2,1H3,(H,18,21). The number of hydrogen-bond acceptors (Lipinski definition) is 3. The molecule has 1 amide bonds. The summed E-state index contributed by atoms with van der Waals surface area (Å²) in [6.07, 6.45) is 3.59. The van der Waals surface area contributed by atoms with Gasteiger partial charge in [-0.15, -0.1) is 0 Å². The van der Waals surface area contributed by atoms with Crippen molar-refractivity contribution in [1.82, 2.24) is 15.1 Å². The Hall–Kier alpha value is -2.82. The van der Waals surface area contributed by atoms with Crippen LogP contribution in [0.2, 0.25) is 0 Å². The molecule has 0 fully saturated rings. The first-order valence-corrected chi connectivity index (χ1v) is 7.06. The molecule has 0 radical (unpaired) electrons. The number of aryl methyl sites for hydroxylation is 1. The lowest BCUT2D eigenvalue weighted by atomic mass is 10.1. The van der Waals surface area contributed by atoms with E-state index in [9.17, 15) is 4.79 Å². The minimum atomic E-state index is -0.156. The van der Waals surface area contributed by atoms with E-state index >= 15 is 0 Å². The number of carbonyl (C=O) groups excluding carboxylic acids is 1. The van der Waals surface area contributed by atoms with Crippen molar-refractivity contribution in [1.29, 1.82) is 0 Å². The lowest BCUT2D eigenvalue weighted by Crippen LogP contribution is -2.28. The van der Waals surface area contributed by atoms with Gasteiger partial charge in [-0.1, -0.05) is 30.3 Å². The molecule has 0 atom stereocenters. The van der Waals surface area contributed by atoms with Crippen LogP contribution in [0.1, 0.15) is 5.56 Å². The molecule has 1 N–H and O–H groups in total. The molecular weight excluding hydrogens is 278 g/mol. The van der Waals surface area contributed by atoms with Gasteiger partial charge in [0.05, 0.1) is 6.20 Å². The Morgan fingerprint density at radius 2 is 2.05 bits per heavy atom.